The van der Waals surface area contributed by atoms with Crippen LogP contribution in [0.15, 0.2) is 0 Å². The highest BCUT2D eigenvalue weighted by atomic mass is 16.2. The molecule has 0 aromatic heterocycles. The van der Waals surface area contributed by atoms with E-state index in [1.165, 1.54) is 19.3 Å². The summed E-state index contributed by atoms with van der Waals surface area (Å²) < 4.78 is 0. The Morgan fingerprint density at radius 2 is 2.00 bits per heavy atom. The van der Waals surface area contributed by atoms with Gasteiger partial charge in [-0.2, -0.15) is 0 Å². The van der Waals surface area contributed by atoms with Crippen LogP contribution in [0.2, 0.25) is 0 Å². The van der Waals surface area contributed by atoms with Gasteiger partial charge in [-0.3, -0.25) is 4.79 Å². The monoisotopic (exact) mass is 240 g/mol. The molecule has 3 heteroatoms. The van der Waals surface area contributed by atoms with Gasteiger partial charge < -0.3 is 11.1 Å². The van der Waals surface area contributed by atoms with Crippen LogP contribution < -0.4 is 11.1 Å². The average molecular weight is 240 g/mol. The fourth-order valence-corrected chi connectivity index (χ4v) is 2.89. The summed E-state index contributed by atoms with van der Waals surface area (Å²) in [4.78, 5) is 12.2. The maximum atomic E-state index is 12.2. The normalized spacial score (nSPS) is 24.9. The van der Waals surface area contributed by atoms with Crippen molar-refractivity contribution in [1.29, 1.82) is 0 Å². The van der Waals surface area contributed by atoms with Crippen LogP contribution in [-0.2, 0) is 4.79 Å². The molecule has 100 valence electrons. The maximum Gasteiger partial charge on any atom is 0.227 e. The molecule has 0 aliphatic heterocycles. The first kappa shape index (κ1) is 14.5. The summed E-state index contributed by atoms with van der Waals surface area (Å²) in [6.07, 6.45) is 5.48. The van der Waals surface area contributed by atoms with Gasteiger partial charge in [-0.05, 0) is 37.5 Å². The summed E-state index contributed by atoms with van der Waals surface area (Å²) >= 11 is 0. The van der Waals surface area contributed by atoms with Gasteiger partial charge in [0.1, 0.15) is 0 Å². The first-order valence-corrected chi connectivity index (χ1v) is 7.06. The van der Waals surface area contributed by atoms with Crippen molar-refractivity contribution in [3.8, 4) is 0 Å². The van der Waals surface area contributed by atoms with Gasteiger partial charge in [-0.1, -0.05) is 27.2 Å². The lowest BCUT2D eigenvalue weighted by Gasteiger charge is -2.29. The first-order chi connectivity index (χ1) is 8.07. The molecular formula is C14H28N2O. The van der Waals surface area contributed by atoms with Gasteiger partial charge in [-0.25, -0.2) is 0 Å². The Bertz CT molecular complexity index is 240. The SMILES string of the molecule is CCC(CC)(CN)C(=O)NCC1CCC(C)C1. The Hall–Kier alpha value is -0.570. The summed E-state index contributed by atoms with van der Waals surface area (Å²) in [5, 5.41) is 3.12. The van der Waals surface area contributed by atoms with Crippen LogP contribution in [0.1, 0.15) is 52.9 Å². The first-order valence-electron chi connectivity index (χ1n) is 7.06. The number of nitrogens with one attached hydrogen (secondary N) is 1. The molecule has 1 aliphatic carbocycles. The summed E-state index contributed by atoms with van der Waals surface area (Å²) in [5.41, 5.74) is 5.43. The largest absolute Gasteiger partial charge is 0.355 e. The summed E-state index contributed by atoms with van der Waals surface area (Å²) in [5.74, 6) is 1.66. The van der Waals surface area contributed by atoms with Crippen LogP contribution in [0.4, 0.5) is 0 Å². The van der Waals surface area contributed by atoms with Crippen molar-refractivity contribution in [3.63, 3.8) is 0 Å². The van der Waals surface area contributed by atoms with Gasteiger partial charge in [0.25, 0.3) is 0 Å². The van der Waals surface area contributed by atoms with Gasteiger partial charge in [0.2, 0.25) is 5.91 Å². The van der Waals surface area contributed by atoms with Crippen molar-refractivity contribution in [2.24, 2.45) is 23.0 Å². The number of carbonyl (C=O) groups is 1. The van der Waals surface area contributed by atoms with Crippen LogP contribution in [-0.4, -0.2) is 19.0 Å². The summed E-state index contributed by atoms with van der Waals surface area (Å²) in [6, 6.07) is 0. The Labute approximate surface area is 106 Å². The highest BCUT2D eigenvalue weighted by Gasteiger charge is 2.33. The van der Waals surface area contributed by atoms with Gasteiger partial charge in [0.15, 0.2) is 0 Å². The molecule has 1 saturated carbocycles. The van der Waals surface area contributed by atoms with Crippen molar-refractivity contribution in [1.82, 2.24) is 5.32 Å². The molecular weight excluding hydrogens is 212 g/mol. The number of hydrogen-bond acceptors (Lipinski definition) is 2. The smallest absolute Gasteiger partial charge is 0.227 e. The van der Waals surface area contributed by atoms with Crippen LogP contribution in [0.5, 0.6) is 0 Å². The molecule has 0 bridgehead atoms. The Balaban J connectivity index is 2.42. The van der Waals surface area contributed by atoms with E-state index in [9.17, 15) is 4.79 Å². The minimum atomic E-state index is -0.343. The number of carbonyl (C=O) groups excluding carboxylic acids is 1. The zero-order valence-corrected chi connectivity index (χ0v) is 11.6. The molecule has 1 fully saturated rings. The van der Waals surface area contributed by atoms with Gasteiger partial charge in [0, 0.05) is 13.1 Å². The molecule has 0 saturated heterocycles. The molecule has 0 aromatic carbocycles. The number of rotatable bonds is 6. The topological polar surface area (TPSA) is 55.1 Å². The lowest BCUT2D eigenvalue weighted by Crippen LogP contribution is -2.46. The van der Waals surface area contributed by atoms with E-state index < -0.39 is 0 Å². The molecule has 2 unspecified atom stereocenters. The van der Waals surface area contributed by atoms with E-state index in [1.54, 1.807) is 0 Å². The number of amides is 1. The van der Waals surface area contributed by atoms with Crippen LogP contribution in [0, 0.1) is 17.3 Å². The molecule has 2 atom stereocenters. The van der Waals surface area contributed by atoms with Crippen molar-refractivity contribution in [2.75, 3.05) is 13.1 Å². The maximum absolute atomic E-state index is 12.2. The van der Waals surface area contributed by atoms with E-state index in [2.05, 4.69) is 12.2 Å². The standard InChI is InChI=1S/C14H28N2O/c1-4-14(5-2,10-15)13(17)16-9-12-7-6-11(3)8-12/h11-12H,4-10,15H2,1-3H3,(H,16,17). The number of nitrogens with two attached hydrogens (primary N) is 1. The van der Waals surface area contributed by atoms with E-state index >= 15 is 0 Å². The second-order valence-electron chi connectivity index (χ2n) is 5.69. The second kappa shape index (κ2) is 6.39. The predicted molar refractivity (Wildman–Crippen MR) is 71.6 cm³/mol. The zero-order chi connectivity index (χ0) is 12.9. The predicted octanol–water partition coefficient (Wildman–Crippen LogP) is 2.30. The summed E-state index contributed by atoms with van der Waals surface area (Å²) in [6.45, 7) is 7.68. The highest BCUT2D eigenvalue weighted by molar-refractivity contribution is 5.82. The highest BCUT2D eigenvalue weighted by Crippen LogP contribution is 2.30. The quantitative estimate of drug-likeness (QED) is 0.748. The third-order valence-corrected chi connectivity index (χ3v) is 4.58. The minimum Gasteiger partial charge on any atom is -0.355 e. The fourth-order valence-electron chi connectivity index (χ4n) is 2.89. The van der Waals surface area contributed by atoms with E-state index in [0.717, 1.165) is 25.3 Å². The van der Waals surface area contributed by atoms with Crippen molar-refractivity contribution < 1.29 is 4.79 Å². The van der Waals surface area contributed by atoms with E-state index in [1.807, 2.05) is 13.8 Å². The lowest BCUT2D eigenvalue weighted by molar-refractivity contribution is -0.131. The van der Waals surface area contributed by atoms with Gasteiger partial charge in [0.05, 0.1) is 5.41 Å². The van der Waals surface area contributed by atoms with Crippen LogP contribution >= 0.6 is 0 Å². The fraction of sp³-hybridized carbons (Fsp3) is 0.929. The van der Waals surface area contributed by atoms with Gasteiger partial charge >= 0.3 is 0 Å². The number of hydrogen-bond donors (Lipinski definition) is 2. The molecule has 0 spiro atoms. The van der Waals surface area contributed by atoms with Crippen LogP contribution in [0.3, 0.4) is 0 Å². The molecule has 3 N–H and O–H groups in total. The van der Waals surface area contributed by atoms with Crippen molar-refractivity contribution >= 4 is 5.91 Å². The van der Waals surface area contributed by atoms with Gasteiger partial charge in [-0.15, -0.1) is 0 Å². The average Bonchev–Trinajstić information content (AvgIpc) is 2.75. The molecule has 17 heavy (non-hydrogen) atoms. The van der Waals surface area contributed by atoms with E-state index in [0.29, 0.717) is 12.5 Å². The van der Waals surface area contributed by atoms with Crippen molar-refractivity contribution in [3.05, 3.63) is 0 Å². The minimum absolute atomic E-state index is 0.157. The second-order valence-corrected chi connectivity index (χ2v) is 5.69. The Morgan fingerprint density at radius 1 is 1.35 bits per heavy atom. The Morgan fingerprint density at radius 3 is 2.41 bits per heavy atom. The zero-order valence-electron chi connectivity index (χ0n) is 11.6. The third-order valence-electron chi connectivity index (χ3n) is 4.58. The van der Waals surface area contributed by atoms with E-state index in [4.69, 9.17) is 5.73 Å². The molecule has 1 amide bonds. The molecule has 0 radical (unpaired) electrons. The van der Waals surface area contributed by atoms with Crippen LogP contribution in [0.25, 0.3) is 0 Å². The molecule has 1 aliphatic rings. The van der Waals surface area contributed by atoms with E-state index in [-0.39, 0.29) is 11.3 Å². The molecule has 3 nitrogen and oxygen atoms in total. The third kappa shape index (κ3) is 3.44. The molecule has 1 rings (SSSR count). The van der Waals surface area contributed by atoms with Crippen molar-refractivity contribution in [2.45, 2.75) is 52.9 Å². The Kier molecular flexibility index (Phi) is 5.44. The molecule has 0 heterocycles. The molecule has 0 aromatic rings. The summed E-state index contributed by atoms with van der Waals surface area (Å²) in [7, 11) is 0. The lowest BCUT2D eigenvalue weighted by atomic mass is 9.81.